The standard InChI is InChI=1S/C11H8N2O.C3H6O2/c14-11-10-8(5-6-12-10)7-3-1-2-4-9(7)13-11;1-2-3(4)5/h1-6,12H,(H,13,14);2H2,1H3,(H,4,5)/p-1. The van der Waals surface area contributed by atoms with Gasteiger partial charge in [-0.25, -0.2) is 0 Å². The van der Waals surface area contributed by atoms with Gasteiger partial charge in [0, 0.05) is 28.5 Å². The van der Waals surface area contributed by atoms with Crippen LogP contribution in [0.25, 0.3) is 21.8 Å². The van der Waals surface area contributed by atoms with E-state index < -0.39 is 5.97 Å². The molecule has 1 aromatic carbocycles. The summed E-state index contributed by atoms with van der Waals surface area (Å²) < 4.78 is 0. The number of aliphatic carboxylic acids is 1. The molecule has 19 heavy (non-hydrogen) atoms. The zero-order valence-electron chi connectivity index (χ0n) is 10.4. The van der Waals surface area contributed by atoms with Crippen molar-refractivity contribution in [1.82, 2.24) is 9.97 Å². The van der Waals surface area contributed by atoms with E-state index in [0.29, 0.717) is 5.52 Å². The number of carboxylic acids is 1. The molecule has 0 unspecified atom stereocenters. The number of carbonyl (C=O) groups is 1. The van der Waals surface area contributed by atoms with Crippen molar-refractivity contribution in [2.24, 2.45) is 0 Å². The molecule has 5 nitrogen and oxygen atoms in total. The molecule has 2 aromatic heterocycles. The van der Waals surface area contributed by atoms with Crippen molar-refractivity contribution in [2.45, 2.75) is 13.3 Å². The highest BCUT2D eigenvalue weighted by atomic mass is 16.4. The minimum Gasteiger partial charge on any atom is -0.550 e. The number of hydrogen-bond acceptors (Lipinski definition) is 3. The van der Waals surface area contributed by atoms with E-state index in [1.54, 1.807) is 6.20 Å². The predicted molar refractivity (Wildman–Crippen MR) is 71.7 cm³/mol. The van der Waals surface area contributed by atoms with Crippen LogP contribution in [-0.2, 0) is 4.79 Å². The van der Waals surface area contributed by atoms with Crippen molar-refractivity contribution in [3.63, 3.8) is 0 Å². The third-order valence-corrected chi connectivity index (χ3v) is 2.73. The molecule has 0 saturated carbocycles. The summed E-state index contributed by atoms with van der Waals surface area (Å²) in [6.07, 6.45) is 1.90. The molecule has 98 valence electrons. The fraction of sp³-hybridized carbons (Fsp3) is 0.143. The number of benzene rings is 1. The summed E-state index contributed by atoms with van der Waals surface area (Å²) in [5.41, 5.74) is 1.46. The molecule has 0 saturated heterocycles. The van der Waals surface area contributed by atoms with Gasteiger partial charge >= 0.3 is 0 Å². The smallest absolute Gasteiger partial charge is 0.272 e. The maximum atomic E-state index is 11.6. The highest BCUT2D eigenvalue weighted by molar-refractivity contribution is 6.03. The number of H-pyrrole nitrogens is 2. The molecule has 5 heteroatoms. The Bertz CT molecular complexity index is 771. The Morgan fingerprint density at radius 3 is 2.58 bits per heavy atom. The fourth-order valence-corrected chi connectivity index (χ4v) is 1.79. The van der Waals surface area contributed by atoms with Crippen LogP contribution < -0.4 is 10.7 Å². The van der Waals surface area contributed by atoms with Gasteiger partial charge < -0.3 is 19.9 Å². The molecular weight excluding hydrogens is 244 g/mol. The number of aromatic nitrogens is 2. The summed E-state index contributed by atoms with van der Waals surface area (Å²) >= 11 is 0. The minimum atomic E-state index is -0.995. The van der Waals surface area contributed by atoms with Gasteiger partial charge in [-0.2, -0.15) is 0 Å². The van der Waals surface area contributed by atoms with Crippen LogP contribution in [0.15, 0.2) is 41.3 Å². The fourth-order valence-electron chi connectivity index (χ4n) is 1.79. The van der Waals surface area contributed by atoms with Crippen molar-refractivity contribution in [3.05, 3.63) is 46.9 Å². The Labute approximate surface area is 108 Å². The van der Waals surface area contributed by atoms with Crippen LogP contribution in [0, 0.1) is 0 Å². The van der Waals surface area contributed by atoms with Gasteiger partial charge in [-0.05, 0) is 18.6 Å². The Hall–Kier alpha value is -2.56. The van der Waals surface area contributed by atoms with Gasteiger partial charge in [0.1, 0.15) is 5.52 Å². The highest BCUT2D eigenvalue weighted by Gasteiger charge is 2.03. The Kier molecular flexibility index (Phi) is 3.66. The first-order valence-corrected chi connectivity index (χ1v) is 5.91. The van der Waals surface area contributed by atoms with E-state index in [1.165, 1.54) is 6.92 Å². The molecule has 0 aliphatic carbocycles. The van der Waals surface area contributed by atoms with Crippen molar-refractivity contribution in [1.29, 1.82) is 0 Å². The van der Waals surface area contributed by atoms with Crippen molar-refractivity contribution >= 4 is 27.8 Å². The molecule has 0 aliphatic rings. The molecule has 3 aromatic rings. The molecule has 0 fully saturated rings. The van der Waals surface area contributed by atoms with Gasteiger partial charge in [-0.3, -0.25) is 4.79 Å². The van der Waals surface area contributed by atoms with Gasteiger partial charge in [-0.1, -0.05) is 25.1 Å². The molecule has 3 rings (SSSR count). The van der Waals surface area contributed by atoms with Crippen LogP contribution in [0.3, 0.4) is 0 Å². The van der Waals surface area contributed by atoms with E-state index in [0.717, 1.165) is 16.3 Å². The van der Waals surface area contributed by atoms with E-state index in [2.05, 4.69) is 9.97 Å². The summed E-state index contributed by atoms with van der Waals surface area (Å²) in [6, 6.07) is 9.71. The molecule has 0 aliphatic heterocycles. The first-order chi connectivity index (χ1) is 9.13. The number of carbonyl (C=O) groups excluding carboxylic acids is 1. The molecule has 2 N–H and O–H groups in total. The summed E-state index contributed by atoms with van der Waals surface area (Å²) in [5, 5.41) is 11.3. The number of rotatable bonds is 1. The first-order valence-electron chi connectivity index (χ1n) is 5.91. The third kappa shape index (κ3) is 2.65. The molecule has 0 radical (unpaired) electrons. The van der Waals surface area contributed by atoms with E-state index in [-0.39, 0.29) is 12.0 Å². The minimum absolute atomic E-state index is 0.0660. The molecule has 2 heterocycles. The predicted octanol–water partition coefficient (Wildman–Crippen LogP) is 1.16. The average molecular weight is 257 g/mol. The number of aromatic amines is 2. The van der Waals surface area contributed by atoms with E-state index >= 15 is 0 Å². The lowest BCUT2D eigenvalue weighted by atomic mass is 10.1. The van der Waals surface area contributed by atoms with E-state index in [9.17, 15) is 14.7 Å². The molecule has 0 atom stereocenters. The van der Waals surface area contributed by atoms with Gasteiger partial charge in [0.05, 0.1) is 0 Å². The van der Waals surface area contributed by atoms with Gasteiger partial charge in [0.15, 0.2) is 0 Å². The zero-order chi connectivity index (χ0) is 13.8. The van der Waals surface area contributed by atoms with E-state index in [1.807, 2.05) is 30.3 Å². The molecule has 0 bridgehead atoms. The molecule has 0 spiro atoms. The Morgan fingerprint density at radius 1 is 1.21 bits per heavy atom. The quantitative estimate of drug-likeness (QED) is 0.685. The second-order valence-corrected chi connectivity index (χ2v) is 3.99. The van der Waals surface area contributed by atoms with Crippen molar-refractivity contribution in [2.75, 3.05) is 0 Å². The maximum Gasteiger partial charge on any atom is 0.272 e. The van der Waals surface area contributed by atoms with Crippen molar-refractivity contribution in [3.8, 4) is 0 Å². The van der Waals surface area contributed by atoms with Crippen LogP contribution in [0.1, 0.15) is 13.3 Å². The Morgan fingerprint density at radius 2 is 1.89 bits per heavy atom. The Balaban J connectivity index is 0.000000232. The first kappa shape index (κ1) is 12.9. The van der Waals surface area contributed by atoms with Crippen molar-refractivity contribution < 1.29 is 9.90 Å². The normalized spacial score (nSPS) is 10.2. The monoisotopic (exact) mass is 257 g/mol. The SMILES string of the molecule is CCC(=O)[O-].O=c1[nH]c2ccccc2c2cc[nH]c12. The van der Waals surface area contributed by atoms with Crippen LogP contribution in [-0.4, -0.2) is 15.9 Å². The van der Waals surface area contributed by atoms with Crippen LogP contribution in [0.2, 0.25) is 0 Å². The second-order valence-electron chi connectivity index (χ2n) is 3.99. The van der Waals surface area contributed by atoms with Crippen LogP contribution >= 0.6 is 0 Å². The lowest BCUT2D eigenvalue weighted by Gasteiger charge is -1.97. The van der Waals surface area contributed by atoms with Gasteiger partial charge in [-0.15, -0.1) is 0 Å². The molecular formula is C14H13N2O3-. The average Bonchev–Trinajstić information content (AvgIpc) is 2.90. The number of pyridine rings is 1. The summed E-state index contributed by atoms with van der Waals surface area (Å²) in [7, 11) is 0. The van der Waals surface area contributed by atoms with Gasteiger partial charge in [0.25, 0.3) is 5.56 Å². The maximum absolute atomic E-state index is 11.6. The third-order valence-electron chi connectivity index (χ3n) is 2.73. The van der Waals surface area contributed by atoms with Gasteiger partial charge in [0.2, 0.25) is 0 Å². The zero-order valence-corrected chi connectivity index (χ0v) is 10.4. The molecule has 0 amide bonds. The lowest BCUT2D eigenvalue weighted by molar-refractivity contribution is -0.305. The largest absolute Gasteiger partial charge is 0.550 e. The summed E-state index contributed by atoms with van der Waals surface area (Å²) in [6.45, 7) is 1.54. The number of nitrogens with one attached hydrogen (secondary N) is 2. The summed E-state index contributed by atoms with van der Waals surface area (Å²) in [4.78, 5) is 26.6. The summed E-state index contributed by atoms with van der Waals surface area (Å²) in [5.74, 6) is -0.995. The second kappa shape index (κ2) is 5.39. The van der Waals surface area contributed by atoms with E-state index in [4.69, 9.17) is 0 Å². The van der Waals surface area contributed by atoms with Crippen LogP contribution in [0.4, 0.5) is 0 Å². The number of para-hydroxylation sites is 1. The topological polar surface area (TPSA) is 88.8 Å². The number of hydrogen-bond donors (Lipinski definition) is 2. The van der Waals surface area contributed by atoms with Crippen LogP contribution in [0.5, 0.6) is 0 Å². The number of carboxylic acid groups (broad SMARTS) is 1. The lowest BCUT2D eigenvalue weighted by Crippen LogP contribution is -2.19. The number of fused-ring (bicyclic) bond motifs is 3. The highest BCUT2D eigenvalue weighted by Crippen LogP contribution is 2.19.